The number of rotatable bonds is 7. The second kappa shape index (κ2) is 8.91. The number of hydrogen-bond donors (Lipinski definition) is 1. The number of carbonyl (C=O) groups excluding carboxylic acids is 3. The van der Waals surface area contributed by atoms with E-state index in [0.29, 0.717) is 9.80 Å². The van der Waals surface area contributed by atoms with E-state index in [1.807, 2.05) is 0 Å². The molecule has 1 aliphatic heterocycles. The molecule has 2 heterocycles. The van der Waals surface area contributed by atoms with Gasteiger partial charge in [-0.05, 0) is 36.8 Å². The minimum atomic E-state index is -4.93. The number of nitrogens with one attached hydrogen (secondary N) is 1. The van der Waals surface area contributed by atoms with Gasteiger partial charge in [-0.25, -0.2) is 4.79 Å². The fourth-order valence-electron chi connectivity index (χ4n) is 3.30. The highest BCUT2D eigenvalue weighted by Crippen LogP contribution is 2.31. The van der Waals surface area contributed by atoms with Gasteiger partial charge in [-0.3, -0.25) is 14.5 Å². The fourth-order valence-corrected chi connectivity index (χ4v) is 3.30. The molecule has 0 aliphatic carbocycles. The van der Waals surface area contributed by atoms with Gasteiger partial charge >= 0.3 is 18.6 Å². The van der Waals surface area contributed by atoms with E-state index in [0.717, 1.165) is 24.3 Å². The second-order valence-electron chi connectivity index (χ2n) is 7.46. The third kappa shape index (κ3) is 5.80. The fraction of sp³-hybridized carbons (Fsp3) is 0.350. The van der Waals surface area contributed by atoms with Gasteiger partial charge < -0.3 is 19.4 Å². The van der Waals surface area contributed by atoms with Crippen molar-refractivity contribution in [3.05, 3.63) is 54.0 Å². The van der Waals surface area contributed by atoms with Crippen LogP contribution < -0.4 is 10.1 Å². The summed E-state index contributed by atoms with van der Waals surface area (Å²) in [4.78, 5) is 38.8. The first-order valence-corrected chi connectivity index (χ1v) is 9.55. The SMILES string of the molecule is CC1(c2ccc(OC(F)(F)F)cc2)NC(=O)N(CC(=O)N(Cc2ccco2)CC(F)(F)F)C1=O. The van der Waals surface area contributed by atoms with Crippen LogP contribution in [0.4, 0.5) is 31.1 Å². The van der Waals surface area contributed by atoms with E-state index in [1.54, 1.807) is 0 Å². The monoisotopic (exact) mass is 493 g/mol. The van der Waals surface area contributed by atoms with Gasteiger partial charge in [-0.2, -0.15) is 13.2 Å². The van der Waals surface area contributed by atoms with E-state index >= 15 is 0 Å². The van der Waals surface area contributed by atoms with Crippen LogP contribution in [0.5, 0.6) is 5.75 Å². The topological polar surface area (TPSA) is 92.1 Å². The minimum Gasteiger partial charge on any atom is -0.467 e. The molecule has 34 heavy (non-hydrogen) atoms. The molecule has 184 valence electrons. The molecule has 2 aromatic rings. The lowest BCUT2D eigenvalue weighted by Gasteiger charge is -2.25. The zero-order valence-electron chi connectivity index (χ0n) is 17.4. The number of alkyl halides is 6. The van der Waals surface area contributed by atoms with Crippen molar-refractivity contribution >= 4 is 17.8 Å². The summed E-state index contributed by atoms with van der Waals surface area (Å²) in [6.07, 6.45) is -8.48. The van der Waals surface area contributed by atoms with Gasteiger partial charge in [0, 0.05) is 0 Å². The summed E-state index contributed by atoms with van der Waals surface area (Å²) in [5.41, 5.74) is -1.71. The molecule has 0 spiro atoms. The smallest absolute Gasteiger partial charge is 0.467 e. The van der Waals surface area contributed by atoms with Crippen LogP contribution in [0.3, 0.4) is 0 Å². The molecular weight excluding hydrogens is 476 g/mol. The van der Waals surface area contributed by atoms with Gasteiger partial charge in [0.05, 0.1) is 12.8 Å². The maximum absolute atomic E-state index is 13.0. The average molecular weight is 493 g/mol. The largest absolute Gasteiger partial charge is 0.573 e. The molecule has 1 aromatic carbocycles. The molecule has 14 heteroatoms. The maximum Gasteiger partial charge on any atom is 0.573 e. The second-order valence-corrected chi connectivity index (χ2v) is 7.46. The molecule has 1 saturated heterocycles. The highest BCUT2D eigenvalue weighted by atomic mass is 19.4. The first-order chi connectivity index (χ1) is 15.7. The zero-order valence-corrected chi connectivity index (χ0v) is 17.4. The summed E-state index contributed by atoms with van der Waals surface area (Å²) in [7, 11) is 0. The molecule has 0 radical (unpaired) electrons. The first kappa shape index (κ1) is 24.9. The minimum absolute atomic E-state index is 0.0563. The van der Waals surface area contributed by atoms with Crippen molar-refractivity contribution in [2.45, 2.75) is 31.5 Å². The quantitative estimate of drug-likeness (QED) is 0.471. The number of amides is 4. The molecule has 0 bridgehead atoms. The van der Waals surface area contributed by atoms with Crippen molar-refractivity contribution in [3.8, 4) is 5.75 Å². The van der Waals surface area contributed by atoms with Gasteiger partial charge in [0.15, 0.2) is 0 Å². The Morgan fingerprint density at radius 1 is 1.12 bits per heavy atom. The molecule has 8 nitrogen and oxygen atoms in total. The number of benzene rings is 1. The molecule has 4 amide bonds. The molecular formula is C20H17F6N3O5. The Hall–Kier alpha value is -3.71. The van der Waals surface area contributed by atoms with Gasteiger partial charge in [-0.1, -0.05) is 12.1 Å². The summed E-state index contributed by atoms with van der Waals surface area (Å²) in [6.45, 7) is -1.94. The van der Waals surface area contributed by atoms with E-state index in [-0.39, 0.29) is 11.3 Å². The third-order valence-electron chi connectivity index (χ3n) is 4.88. The van der Waals surface area contributed by atoms with Crippen molar-refractivity contribution in [1.29, 1.82) is 0 Å². The Morgan fingerprint density at radius 3 is 2.29 bits per heavy atom. The number of ether oxygens (including phenoxy) is 1. The van der Waals surface area contributed by atoms with E-state index in [4.69, 9.17) is 4.42 Å². The highest BCUT2D eigenvalue weighted by molar-refractivity contribution is 6.09. The molecule has 1 unspecified atom stereocenters. The maximum atomic E-state index is 13.0. The van der Waals surface area contributed by atoms with Crippen LogP contribution in [0, 0.1) is 0 Å². The summed E-state index contributed by atoms with van der Waals surface area (Å²) in [5.74, 6) is -2.65. The van der Waals surface area contributed by atoms with E-state index in [1.165, 1.54) is 25.3 Å². The summed E-state index contributed by atoms with van der Waals surface area (Å²) < 4.78 is 84.7. The van der Waals surface area contributed by atoms with Gasteiger partial charge in [0.25, 0.3) is 5.91 Å². The Balaban J connectivity index is 1.76. The third-order valence-corrected chi connectivity index (χ3v) is 4.88. The predicted molar refractivity (Wildman–Crippen MR) is 101 cm³/mol. The molecule has 0 saturated carbocycles. The summed E-state index contributed by atoms with van der Waals surface area (Å²) >= 11 is 0. The Morgan fingerprint density at radius 2 is 1.76 bits per heavy atom. The van der Waals surface area contributed by atoms with Crippen molar-refractivity contribution in [2.24, 2.45) is 0 Å². The average Bonchev–Trinajstić information content (AvgIpc) is 3.28. The van der Waals surface area contributed by atoms with Crippen LogP contribution in [0.1, 0.15) is 18.2 Å². The van der Waals surface area contributed by atoms with Crippen molar-refractivity contribution in [2.75, 3.05) is 13.1 Å². The molecule has 1 N–H and O–H groups in total. The van der Waals surface area contributed by atoms with Crippen LogP contribution in [0.15, 0.2) is 47.1 Å². The lowest BCUT2D eigenvalue weighted by Crippen LogP contribution is -2.46. The first-order valence-electron chi connectivity index (χ1n) is 9.55. The Labute approximate surface area is 188 Å². The number of nitrogens with zero attached hydrogens (tertiary/aromatic N) is 2. The number of furan rings is 1. The van der Waals surface area contributed by atoms with Gasteiger partial charge in [0.1, 0.15) is 30.1 Å². The number of urea groups is 1. The molecule has 1 atom stereocenters. The lowest BCUT2D eigenvalue weighted by molar-refractivity contribution is -0.274. The van der Waals surface area contributed by atoms with E-state index in [9.17, 15) is 40.7 Å². The van der Waals surface area contributed by atoms with Crippen molar-refractivity contribution in [3.63, 3.8) is 0 Å². The predicted octanol–water partition coefficient (Wildman–Crippen LogP) is 3.54. The number of halogens is 6. The molecule has 1 fully saturated rings. The van der Waals surface area contributed by atoms with Crippen LogP contribution >= 0.6 is 0 Å². The van der Waals surface area contributed by atoms with E-state index < -0.39 is 61.3 Å². The number of imide groups is 1. The molecule has 3 rings (SSSR count). The summed E-state index contributed by atoms with van der Waals surface area (Å²) in [5, 5.41) is 2.32. The van der Waals surface area contributed by atoms with E-state index in [2.05, 4.69) is 10.1 Å². The van der Waals surface area contributed by atoms with Gasteiger partial charge in [-0.15, -0.1) is 13.2 Å². The van der Waals surface area contributed by atoms with Crippen LogP contribution in [-0.4, -0.2) is 53.3 Å². The zero-order chi connectivity index (χ0) is 25.3. The standard InChI is InChI=1S/C20H17F6N3O5/c1-18(12-4-6-13(7-5-12)34-20(24,25)26)16(31)29(17(32)27-18)10-15(30)28(11-19(21,22)23)9-14-3-2-8-33-14/h2-8H,9-11H2,1H3,(H,27,32). The summed E-state index contributed by atoms with van der Waals surface area (Å²) in [6, 6.07) is 5.79. The van der Waals surface area contributed by atoms with Gasteiger partial charge in [0.2, 0.25) is 5.91 Å². The van der Waals surface area contributed by atoms with Crippen molar-refractivity contribution in [1.82, 2.24) is 15.1 Å². The number of carbonyl (C=O) groups is 3. The Kier molecular flexibility index (Phi) is 6.53. The van der Waals surface area contributed by atoms with Crippen LogP contribution in [-0.2, 0) is 21.7 Å². The lowest BCUT2D eigenvalue weighted by atomic mass is 9.92. The Bertz CT molecular complexity index is 1050. The molecule has 1 aliphatic rings. The molecule has 1 aromatic heterocycles. The van der Waals surface area contributed by atoms with Crippen LogP contribution in [0.2, 0.25) is 0 Å². The highest BCUT2D eigenvalue weighted by Gasteiger charge is 2.50. The normalized spacial score (nSPS) is 18.7. The van der Waals surface area contributed by atoms with Crippen LogP contribution in [0.25, 0.3) is 0 Å². The number of hydrogen-bond acceptors (Lipinski definition) is 5. The van der Waals surface area contributed by atoms with Crippen molar-refractivity contribution < 1.29 is 49.9 Å².